The molecule has 0 aromatic rings. The highest BCUT2D eigenvalue weighted by Gasteiger charge is 2.19. The number of allylic oxidation sites excluding steroid dienone is 20. The zero-order valence-electron chi connectivity index (χ0n) is 51.6. The molecule has 0 aliphatic heterocycles. The SMILES string of the molecule is CC/C=C\C/C=C\C/C=C\C/C=C\C/C=C\C/C=C\C/C=C\C/C=C\C/C=C\CCCCCC(=O)OCC(COC(=O)CCCCCCCCCCCCCCCC)OC(=O)CCCCCCC/C=C\CCCCCCCCC. The van der Waals surface area contributed by atoms with Gasteiger partial charge in [-0.05, 0) is 116 Å². The van der Waals surface area contributed by atoms with Crippen LogP contribution in [0.2, 0.25) is 0 Å². The first-order valence-electron chi connectivity index (χ1n) is 33.0. The fourth-order valence-electron chi connectivity index (χ4n) is 9.02. The van der Waals surface area contributed by atoms with E-state index < -0.39 is 6.10 Å². The molecule has 0 saturated carbocycles. The lowest BCUT2D eigenvalue weighted by Gasteiger charge is -2.18. The van der Waals surface area contributed by atoms with Crippen LogP contribution < -0.4 is 0 Å². The molecule has 0 fully saturated rings. The van der Waals surface area contributed by atoms with Crippen LogP contribution in [0, 0.1) is 0 Å². The van der Waals surface area contributed by atoms with Crippen molar-refractivity contribution in [1.82, 2.24) is 0 Å². The smallest absolute Gasteiger partial charge is 0.306 e. The zero-order chi connectivity index (χ0) is 57.1. The number of hydrogen-bond acceptors (Lipinski definition) is 6. The molecular weight excluding hydrogens is 973 g/mol. The van der Waals surface area contributed by atoms with E-state index in [2.05, 4.69) is 142 Å². The summed E-state index contributed by atoms with van der Waals surface area (Å²) in [6.07, 6.45) is 92.1. The summed E-state index contributed by atoms with van der Waals surface area (Å²) in [6.45, 7) is 6.51. The van der Waals surface area contributed by atoms with Crippen molar-refractivity contribution < 1.29 is 28.6 Å². The molecule has 0 aromatic heterocycles. The Balaban J connectivity index is 4.38. The van der Waals surface area contributed by atoms with E-state index in [9.17, 15) is 14.4 Å². The maximum absolute atomic E-state index is 12.9. The molecule has 6 heteroatoms. The van der Waals surface area contributed by atoms with E-state index >= 15 is 0 Å². The lowest BCUT2D eigenvalue weighted by Crippen LogP contribution is -2.30. The summed E-state index contributed by atoms with van der Waals surface area (Å²) < 4.78 is 16.9. The minimum absolute atomic E-state index is 0.0910. The molecule has 0 aliphatic carbocycles. The highest BCUT2D eigenvalue weighted by Crippen LogP contribution is 2.16. The molecule has 0 amide bonds. The number of hydrogen-bond donors (Lipinski definition) is 0. The van der Waals surface area contributed by atoms with Crippen molar-refractivity contribution in [2.24, 2.45) is 0 Å². The summed E-state index contributed by atoms with van der Waals surface area (Å²) in [4.78, 5) is 38.3. The molecule has 0 N–H and O–H groups in total. The summed E-state index contributed by atoms with van der Waals surface area (Å²) in [7, 11) is 0. The Labute approximate surface area is 488 Å². The predicted octanol–water partition coefficient (Wildman–Crippen LogP) is 22.8. The minimum Gasteiger partial charge on any atom is -0.462 e. The molecule has 0 rings (SSSR count). The fourth-order valence-corrected chi connectivity index (χ4v) is 9.02. The normalized spacial score (nSPS) is 12.9. The van der Waals surface area contributed by atoms with Gasteiger partial charge in [-0.1, -0.05) is 290 Å². The summed E-state index contributed by atoms with van der Waals surface area (Å²) >= 11 is 0. The monoisotopic (exact) mass is 1090 g/mol. The second kappa shape index (κ2) is 66.3. The maximum atomic E-state index is 12.9. The molecule has 0 aromatic carbocycles. The van der Waals surface area contributed by atoms with E-state index in [4.69, 9.17) is 14.2 Å². The van der Waals surface area contributed by atoms with Crippen LogP contribution in [0.4, 0.5) is 0 Å². The molecule has 0 saturated heterocycles. The van der Waals surface area contributed by atoms with Crippen molar-refractivity contribution in [3.63, 3.8) is 0 Å². The molecule has 6 nitrogen and oxygen atoms in total. The number of carbonyl (C=O) groups excluding carboxylic acids is 3. The maximum Gasteiger partial charge on any atom is 0.306 e. The first-order chi connectivity index (χ1) is 39.0. The van der Waals surface area contributed by atoms with Gasteiger partial charge in [0.2, 0.25) is 0 Å². The lowest BCUT2D eigenvalue weighted by molar-refractivity contribution is -0.167. The largest absolute Gasteiger partial charge is 0.462 e. The molecule has 0 radical (unpaired) electrons. The second-order valence-corrected chi connectivity index (χ2v) is 21.6. The number of ether oxygens (including phenoxy) is 3. The van der Waals surface area contributed by atoms with Crippen LogP contribution in [-0.2, 0) is 28.6 Å². The van der Waals surface area contributed by atoms with Crippen LogP contribution >= 0.6 is 0 Å². The Bertz CT molecular complexity index is 1640. The van der Waals surface area contributed by atoms with Crippen LogP contribution in [-0.4, -0.2) is 37.2 Å². The van der Waals surface area contributed by atoms with Gasteiger partial charge in [-0.15, -0.1) is 0 Å². The van der Waals surface area contributed by atoms with E-state index in [1.54, 1.807) is 0 Å². The van der Waals surface area contributed by atoms with Gasteiger partial charge in [0, 0.05) is 19.3 Å². The molecule has 0 spiro atoms. The van der Waals surface area contributed by atoms with E-state index in [1.807, 2.05) is 0 Å². The van der Waals surface area contributed by atoms with Gasteiger partial charge in [-0.25, -0.2) is 0 Å². The minimum atomic E-state index is -0.798. The van der Waals surface area contributed by atoms with Gasteiger partial charge in [0.25, 0.3) is 0 Å². The quantitative estimate of drug-likeness (QED) is 0.0261. The van der Waals surface area contributed by atoms with Gasteiger partial charge in [0.05, 0.1) is 0 Å². The van der Waals surface area contributed by atoms with Crippen LogP contribution in [0.25, 0.3) is 0 Å². The Morgan fingerprint density at radius 1 is 0.266 bits per heavy atom. The number of carbonyl (C=O) groups is 3. The molecule has 0 heterocycles. The third kappa shape index (κ3) is 64.5. The van der Waals surface area contributed by atoms with Crippen molar-refractivity contribution in [3.8, 4) is 0 Å². The Morgan fingerprint density at radius 2 is 0.494 bits per heavy atom. The summed E-state index contributed by atoms with van der Waals surface area (Å²) in [5.41, 5.74) is 0. The highest BCUT2D eigenvalue weighted by atomic mass is 16.6. The fraction of sp³-hybridized carbons (Fsp3) is 0.685. The summed E-state index contributed by atoms with van der Waals surface area (Å²) in [5.74, 6) is -0.926. The predicted molar refractivity (Wildman–Crippen MR) is 343 cm³/mol. The molecule has 79 heavy (non-hydrogen) atoms. The van der Waals surface area contributed by atoms with E-state index in [0.717, 1.165) is 135 Å². The number of unbranched alkanes of at least 4 members (excludes halogenated alkanes) is 28. The summed E-state index contributed by atoms with van der Waals surface area (Å²) in [6, 6.07) is 0. The zero-order valence-corrected chi connectivity index (χ0v) is 51.6. The van der Waals surface area contributed by atoms with Crippen LogP contribution in [0.5, 0.6) is 0 Å². The first kappa shape index (κ1) is 74.8. The van der Waals surface area contributed by atoms with E-state index in [1.165, 1.54) is 128 Å². The average Bonchev–Trinajstić information content (AvgIpc) is 3.45. The van der Waals surface area contributed by atoms with Crippen molar-refractivity contribution in [1.29, 1.82) is 0 Å². The van der Waals surface area contributed by atoms with Crippen LogP contribution in [0.3, 0.4) is 0 Å². The van der Waals surface area contributed by atoms with Crippen molar-refractivity contribution in [2.45, 2.75) is 309 Å². The molecule has 0 aliphatic rings. The van der Waals surface area contributed by atoms with Gasteiger partial charge in [0.15, 0.2) is 6.10 Å². The molecule has 450 valence electrons. The highest BCUT2D eigenvalue weighted by molar-refractivity contribution is 5.71. The second-order valence-electron chi connectivity index (χ2n) is 21.6. The van der Waals surface area contributed by atoms with Crippen LogP contribution in [0.15, 0.2) is 122 Å². The standard InChI is InChI=1S/C73H122O6/c1-4-7-10-13-16-19-22-25-28-30-31-32-33-34-35-36-37-38-39-40-41-42-43-44-46-48-51-54-57-60-63-66-72(75)78-69-70(68-77-71(74)65-62-59-56-53-50-47-27-24-21-18-15-12-9-6-3)79-73(76)67-64-61-58-55-52-49-45-29-26-23-20-17-14-11-8-5-2/h7,10,16,19,25,28-29,31-32,34-35,37-38,40-41,43-45,48,51,70H,4-6,8-9,11-15,17-18,20-24,26-27,30,33,36,39,42,46-47,49-50,52-69H2,1-3H3/b10-7-,19-16-,28-25-,32-31-,35-34-,38-37-,41-40-,44-43-,45-29-,51-48-. The van der Waals surface area contributed by atoms with Gasteiger partial charge in [0.1, 0.15) is 13.2 Å². The van der Waals surface area contributed by atoms with E-state index in [0.29, 0.717) is 19.3 Å². The molecule has 0 bridgehead atoms. The molecule has 1 unspecified atom stereocenters. The molecule has 1 atom stereocenters. The Hall–Kier alpha value is -4.19. The molecular formula is C73H122O6. The van der Waals surface area contributed by atoms with Gasteiger partial charge >= 0.3 is 17.9 Å². The topological polar surface area (TPSA) is 78.9 Å². The average molecular weight is 1100 g/mol. The summed E-state index contributed by atoms with van der Waals surface area (Å²) in [5, 5.41) is 0. The third-order valence-electron chi connectivity index (χ3n) is 14.0. The Morgan fingerprint density at radius 3 is 0.797 bits per heavy atom. The first-order valence-corrected chi connectivity index (χ1v) is 33.0. The van der Waals surface area contributed by atoms with Crippen molar-refractivity contribution >= 4 is 17.9 Å². The lowest BCUT2D eigenvalue weighted by atomic mass is 10.0. The Kier molecular flexibility index (Phi) is 62.8. The number of esters is 3. The third-order valence-corrected chi connectivity index (χ3v) is 14.0. The van der Waals surface area contributed by atoms with E-state index in [-0.39, 0.29) is 31.1 Å². The number of rotatable bonds is 59. The van der Waals surface area contributed by atoms with Gasteiger partial charge in [-0.3, -0.25) is 14.4 Å². The van der Waals surface area contributed by atoms with Crippen molar-refractivity contribution in [3.05, 3.63) is 122 Å². The van der Waals surface area contributed by atoms with Crippen molar-refractivity contribution in [2.75, 3.05) is 13.2 Å². The van der Waals surface area contributed by atoms with Gasteiger partial charge in [-0.2, -0.15) is 0 Å². The van der Waals surface area contributed by atoms with Crippen LogP contribution in [0.1, 0.15) is 303 Å². The van der Waals surface area contributed by atoms with Gasteiger partial charge < -0.3 is 14.2 Å².